The lowest BCUT2D eigenvalue weighted by atomic mass is 10.1. The molecule has 1 aromatic carbocycles. The number of hydrogen-bond acceptors (Lipinski definition) is 3. The van der Waals surface area contributed by atoms with Crippen LogP contribution < -0.4 is 5.32 Å². The van der Waals surface area contributed by atoms with Crippen molar-refractivity contribution in [2.75, 3.05) is 13.1 Å². The van der Waals surface area contributed by atoms with Crippen LogP contribution >= 0.6 is 11.6 Å². The summed E-state index contributed by atoms with van der Waals surface area (Å²) in [6.07, 6.45) is 1.46. The van der Waals surface area contributed by atoms with Crippen molar-refractivity contribution < 1.29 is 9.90 Å². The van der Waals surface area contributed by atoms with Crippen LogP contribution in [0, 0.1) is 0 Å². The number of benzene rings is 1. The van der Waals surface area contributed by atoms with E-state index in [0.717, 1.165) is 24.9 Å². The van der Waals surface area contributed by atoms with Gasteiger partial charge in [0.2, 0.25) is 5.91 Å². The maximum atomic E-state index is 12.1. The standard InChI is InChI=1S/C15H21ClN2O2/c1-11(18-8-2-3-14(19)10-18)15(20)17-9-12-4-6-13(16)7-5-12/h4-7,11,14,19H,2-3,8-10H2,1H3,(H,17,20). The van der Waals surface area contributed by atoms with Gasteiger partial charge in [0.1, 0.15) is 0 Å². The lowest BCUT2D eigenvalue weighted by Gasteiger charge is -2.33. The molecule has 1 aromatic rings. The molecule has 2 rings (SSSR count). The fourth-order valence-electron chi connectivity index (χ4n) is 2.44. The predicted molar refractivity (Wildman–Crippen MR) is 79.6 cm³/mol. The summed E-state index contributed by atoms with van der Waals surface area (Å²) in [5.41, 5.74) is 1.02. The molecule has 0 saturated carbocycles. The molecule has 0 spiro atoms. The number of rotatable bonds is 4. The summed E-state index contributed by atoms with van der Waals surface area (Å²) in [6, 6.07) is 7.22. The van der Waals surface area contributed by atoms with Crippen molar-refractivity contribution in [3.05, 3.63) is 34.9 Å². The summed E-state index contributed by atoms with van der Waals surface area (Å²) in [6.45, 7) is 3.83. The number of likely N-dealkylation sites (tertiary alicyclic amines) is 1. The predicted octanol–water partition coefficient (Wildman–Crippen LogP) is 1.80. The normalized spacial score (nSPS) is 21.4. The summed E-state index contributed by atoms with van der Waals surface area (Å²) in [4.78, 5) is 14.2. The van der Waals surface area contributed by atoms with Crippen LogP contribution in [-0.2, 0) is 11.3 Å². The molecule has 1 saturated heterocycles. The maximum Gasteiger partial charge on any atom is 0.237 e. The molecular formula is C15H21ClN2O2. The summed E-state index contributed by atoms with van der Waals surface area (Å²) in [7, 11) is 0. The van der Waals surface area contributed by atoms with Crippen LogP contribution in [0.15, 0.2) is 24.3 Å². The van der Waals surface area contributed by atoms with Gasteiger partial charge in [0.25, 0.3) is 0 Å². The van der Waals surface area contributed by atoms with Gasteiger partial charge >= 0.3 is 0 Å². The van der Waals surface area contributed by atoms with Crippen molar-refractivity contribution in [1.29, 1.82) is 0 Å². The molecule has 2 atom stereocenters. The van der Waals surface area contributed by atoms with E-state index in [2.05, 4.69) is 5.32 Å². The summed E-state index contributed by atoms with van der Waals surface area (Å²) in [5.74, 6) is -0.00551. The third kappa shape index (κ3) is 4.20. The quantitative estimate of drug-likeness (QED) is 0.891. The Morgan fingerprint density at radius 3 is 2.85 bits per heavy atom. The van der Waals surface area contributed by atoms with Gasteiger partial charge in [0, 0.05) is 18.1 Å². The van der Waals surface area contributed by atoms with E-state index in [0.29, 0.717) is 18.1 Å². The topological polar surface area (TPSA) is 52.6 Å². The van der Waals surface area contributed by atoms with Gasteiger partial charge in [-0.1, -0.05) is 23.7 Å². The second kappa shape index (κ2) is 7.07. The van der Waals surface area contributed by atoms with Crippen LogP contribution in [0.4, 0.5) is 0 Å². The number of β-amino-alcohol motifs (C(OH)–C–C–N with tert-alkyl or cyclic N) is 1. The van der Waals surface area contributed by atoms with Crippen LogP contribution in [0.1, 0.15) is 25.3 Å². The maximum absolute atomic E-state index is 12.1. The Labute approximate surface area is 124 Å². The van der Waals surface area contributed by atoms with Crippen LogP contribution in [0.2, 0.25) is 5.02 Å². The zero-order valence-electron chi connectivity index (χ0n) is 11.7. The lowest BCUT2D eigenvalue weighted by Crippen LogP contribution is -2.50. The molecule has 5 heteroatoms. The smallest absolute Gasteiger partial charge is 0.237 e. The first kappa shape index (κ1) is 15.3. The van der Waals surface area contributed by atoms with Crippen molar-refractivity contribution in [2.24, 2.45) is 0 Å². The van der Waals surface area contributed by atoms with Crippen molar-refractivity contribution in [2.45, 2.75) is 38.5 Å². The molecule has 0 aliphatic carbocycles. The number of nitrogens with one attached hydrogen (secondary N) is 1. The Bertz CT molecular complexity index is 450. The number of piperidine rings is 1. The second-order valence-electron chi connectivity index (χ2n) is 5.31. The van der Waals surface area contributed by atoms with E-state index >= 15 is 0 Å². The zero-order valence-corrected chi connectivity index (χ0v) is 12.4. The van der Waals surface area contributed by atoms with Gasteiger partial charge in [-0.2, -0.15) is 0 Å². The third-order valence-electron chi connectivity index (χ3n) is 3.74. The SMILES string of the molecule is CC(C(=O)NCc1ccc(Cl)cc1)N1CCCC(O)C1. The molecule has 2 unspecified atom stereocenters. The van der Waals surface area contributed by atoms with Gasteiger partial charge in [0.05, 0.1) is 12.1 Å². The van der Waals surface area contributed by atoms with Gasteiger partial charge in [0.15, 0.2) is 0 Å². The molecule has 2 N–H and O–H groups in total. The molecular weight excluding hydrogens is 276 g/mol. The fourth-order valence-corrected chi connectivity index (χ4v) is 2.57. The van der Waals surface area contributed by atoms with E-state index in [4.69, 9.17) is 11.6 Å². The molecule has 1 aliphatic heterocycles. The highest BCUT2D eigenvalue weighted by Crippen LogP contribution is 2.13. The number of halogens is 1. The van der Waals surface area contributed by atoms with Crippen molar-refractivity contribution in [3.63, 3.8) is 0 Å². The highest BCUT2D eigenvalue weighted by atomic mass is 35.5. The van der Waals surface area contributed by atoms with Gasteiger partial charge < -0.3 is 10.4 Å². The Morgan fingerprint density at radius 2 is 2.20 bits per heavy atom. The Kier molecular flexibility index (Phi) is 5.40. The summed E-state index contributed by atoms with van der Waals surface area (Å²) in [5, 5.41) is 13.3. The number of nitrogens with zero attached hydrogens (tertiary/aromatic N) is 1. The average Bonchev–Trinajstić information content (AvgIpc) is 2.45. The summed E-state index contributed by atoms with van der Waals surface area (Å²) >= 11 is 5.82. The van der Waals surface area contributed by atoms with E-state index in [1.807, 2.05) is 36.1 Å². The third-order valence-corrected chi connectivity index (χ3v) is 3.99. The van der Waals surface area contributed by atoms with E-state index in [-0.39, 0.29) is 18.1 Å². The van der Waals surface area contributed by atoms with Gasteiger partial charge in [-0.05, 0) is 44.0 Å². The Hall–Kier alpha value is -1.10. The monoisotopic (exact) mass is 296 g/mol. The molecule has 1 amide bonds. The molecule has 1 heterocycles. The van der Waals surface area contributed by atoms with Crippen LogP contribution in [0.25, 0.3) is 0 Å². The van der Waals surface area contributed by atoms with Crippen LogP contribution in [0.5, 0.6) is 0 Å². The first-order chi connectivity index (χ1) is 9.56. The van der Waals surface area contributed by atoms with Gasteiger partial charge in [-0.25, -0.2) is 0 Å². The molecule has 1 aliphatic rings. The lowest BCUT2D eigenvalue weighted by molar-refractivity contribution is -0.127. The van der Waals surface area contributed by atoms with E-state index in [1.165, 1.54) is 0 Å². The minimum Gasteiger partial charge on any atom is -0.392 e. The fraction of sp³-hybridized carbons (Fsp3) is 0.533. The second-order valence-corrected chi connectivity index (χ2v) is 5.75. The molecule has 0 radical (unpaired) electrons. The largest absolute Gasteiger partial charge is 0.392 e. The molecule has 110 valence electrons. The van der Waals surface area contributed by atoms with Crippen molar-refractivity contribution in [3.8, 4) is 0 Å². The number of carbonyl (C=O) groups excluding carboxylic acids is 1. The first-order valence-electron chi connectivity index (χ1n) is 7.00. The number of carbonyl (C=O) groups is 1. The minimum absolute atomic E-state index is 0.00551. The number of aliphatic hydroxyl groups excluding tert-OH is 1. The Morgan fingerprint density at radius 1 is 1.50 bits per heavy atom. The highest BCUT2D eigenvalue weighted by Gasteiger charge is 2.26. The zero-order chi connectivity index (χ0) is 14.5. The van der Waals surface area contributed by atoms with Crippen LogP contribution in [0.3, 0.4) is 0 Å². The molecule has 1 fully saturated rings. The Balaban J connectivity index is 1.83. The van der Waals surface area contributed by atoms with E-state index in [1.54, 1.807) is 0 Å². The summed E-state index contributed by atoms with van der Waals surface area (Å²) < 4.78 is 0. The molecule has 0 aromatic heterocycles. The van der Waals surface area contributed by atoms with E-state index < -0.39 is 0 Å². The number of hydrogen-bond donors (Lipinski definition) is 2. The van der Waals surface area contributed by atoms with Gasteiger partial charge in [-0.15, -0.1) is 0 Å². The molecule has 4 nitrogen and oxygen atoms in total. The molecule has 20 heavy (non-hydrogen) atoms. The van der Waals surface area contributed by atoms with E-state index in [9.17, 15) is 9.90 Å². The van der Waals surface area contributed by atoms with Gasteiger partial charge in [-0.3, -0.25) is 9.69 Å². The van der Waals surface area contributed by atoms with Crippen LogP contribution in [-0.4, -0.2) is 41.1 Å². The van der Waals surface area contributed by atoms with Crippen molar-refractivity contribution in [1.82, 2.24) is 10.2 Å². The number of amides is 1. The average molecular weight is 297 g/mol. The minimum atomic E-state index is -0.310. The first-order valence-corrected chi connectivity index (χ1v) is 7.38. The molecule has 0 bridgehead atoms. The number of aliphatic hydroxyl groups is 1. The van der Waals surface area contributed by atoms with Crippen molar-refractivity contribution >= 4 is 17.5 Å². The highest BCUT2D eigenvalue weighted by molar-refractivity contribution is 6.30.